The Balaban J connectivity index is 2.02. The summed E-state index contributed by atoms with van der Waals surface area (Å²) in [4.78, 5) is 8.43. The van der Waals surface area contributed by atoms with E-state index in [1.54, 1.807) is 13.2 Å². The van der Waals surface area contributed by atoms with Gasteiger partial charge in [0, 0.05) is 13.2 Å². The van der Waals surface area contributed by atoms with Crippen molar-refractivity contribution >= 4 is 5.82 Å². The fraction of sp³-hybridized carbons (Fsp3) is 0.714. The lowest BCUT2D eigenvalue weighted by Crippen LogP contribution is -2.29. The van der Waals surface area contributed by atoms with E-state index in [0.29, 0.717) is 30.0 Å². The Labute approximate surface area is 114 Å². The molecule has 0 aliphatic heterocycles. The van der Waals surface area contributed by atoms with Crippen molar-refractivity contribution in [2.45, 2.75) is 45.8 Å². The molecule has 1 aromatic rings. The predicted octanol–water partition coefficient (Wildman–Crippen LogP) is 2.41. The molecule has 1 saturated carbocycles. The van der Waals surface area contributed by atoms with Gasteiger partial charge in [-0.25, -0.2) is 4.98 Å². The van der Waals surface area contributed by atoms with Crippen LogP contribution in [0.2, 0.25) is 0 Å². The molecule has 106 valence electrons. The number of methoxy groups -OCH3 is 1. The summed E-state index contributed by atoms with van der Waals surface area (Å²) < 4.78 is 11.0. The molecule has 0 saturated heterocycles. The molecule has 2 rings (SSSR count). The molecule has 0 aromatic carbocycles. The maximum atomic E-state index is 5.96. The van der Waals surface area contributed by atoms with Gasteiger partial charge >= 0.3 is 0 Å². The van der Waals surface area contributed by atoms with Gasteiger partial charge in [0.1, 0.15) is 18.5 Å². The molecule has 0 radical (unpaired) electrons. The van der Waals surface area contributed by atoms with E-state index in [2.05, 4.69) is 23.8 Å². The van der Waals surface area contributed by atoms with Gasteiger partial charge in [-0.3, -0.25) is 0 Å². The zero-order valence-corrected chi connectivity index (χ0v) is 11.9. The molecule has 1 aromatic heterocycles. The van der Waals surface area contributed by atoms with E-state index < -0.39 is 0 Å². The molecule has 5 nitrogen and oxygen atoms in total. The molecule has 19 heavy (non-hydrogen) atoms. The first-order chi connectivity index (χ1) is 9.08. The van der Waals surface area contributed by atoms with Gasteiger partial charge in [-0.2, -0.15) is 4.98 Å². The number of nitrogens with zero attached hydrogens (tertiary/aromatic N) is 2. The number of hydrogen-bond acceptors (Lipinski definition) is 5. The molecule has 1 heterocycles. The molecule has 0 spiro atoms. The van der Waals surface area contributed by atoms with Crippen molar-refractivity contribution in [3.8, 4) is 5.88 Å². The first-order valence-electron chi connectivity index (χ1n) is 6.87. The second-order valence-electron chi connectivity index (χ2n) is 5.49. The largest absolute Gasteiger partial charge is 0.474 e. The van der Waals surface area contributed by atoms with Gasteiger partial charge in [-0.05, 0) is 31.1 Å². The highest BCUT2D eigenvalue weighted by Gasteiger charge is 2.26. The fourth-order valence-corrected chi connectivity index (χ4v) is 2.52. The van der Waals surface area contributed by atoms with Crippen molar-refractivity contribution in [3.63, 3.8) is 0 Å². The average Bonchev–Trinajstić information content (AvgIpc) is 2.33. The van der Waals surface area contributed by atoms with E-state index >= 15 is 0 Å². The number of nitrogens with two attached hydrogens (primary N) is 1. The first kappa shape index (κ1) is 14.1. The van der Waals surface area contributed by atoms with Crippen molar-refractivity contribution in [1.82, 2.24) is 9.97 Å². The monoisotopic (exact) mass is 265 g/mol. The van der Waals surface area contributed by atoms with E-state index in [1.807, 2.05) is 0 Å². The standard InChI is InChI=1S/C14H23N3O2/c1-9-4-5-11(6-10(9)2)19-14-7-12(15)16-13(17-14)8-18-3/h7,9-11H,4-6,8H2,1-3H3,(H2,15,16,17). The van der Waals surface area contributed by atoms with Gasteiger partial charge < -0.3 is 15.2 Å². The zero-order chi connectivity index (χ0) is 13.8. The highest BCUT2D eigenvalue weighted by molar-refractivity contribution is 5.32. The normalized spacial score (nSPS) is 27.2. The van der Waals surface area contributed by atoms with Crippen LogP contribution in [0, 0.1) is 11.8 Å². The van der Waals surface area contributed by atoms with Gasteiger partial charge in [-0.15, -0.1) is 0 Å². The second kappa shape index (κ2) is 6.19. The quantitative estimate of drug-likeness (QED) is 0.905. The van der Waals surface area contributed by atoms with E-state index in [9.17, 15) is 0 Å². The smallest absolute Gasteiger partial charge is 0.219 e. The van der Waals surface area contributed by atoms with Gasteiger partial charge in [0.25, 0.3) is 0 Å². The first-order valence-corrected chi connectivity index (χ1v) is 6.87. The van der Waals surface area contributed by atoms with Gasteiger partial charge in [0.2, 0.25) is 5.88 Å². The summed E-state index contributed by atoms with van der Waals surface area (Å²) in [5.74, 6) is 3.02. The van der Waals surface area contributed by atoms with Crippen LogP contribution in [0.15, 0.2) is 6.07 Å². The predicted molar refractivity (Wildman–Crippen MR) is 73.8 cm³/mol. The van der Waals surface area contributed by atoms with Crippen LogP contribution in [0.1, 0.15) is 38.9 Å². The van der Waals surface area contributed by atoms with Crippen molar-refractivity contribution in [2.24, 2.45) is 11.8 Å². The Kier molecular flexibility index (Phi) is 4.58. The summed E-state index contributed by atoms with van der Waals surface area (Å²) in [5, 5.41) is 0. The summed E-state index contributed by atoms with van der Waals surface area (Å²) in [6.07, 6.45) is 3.59. The second-order valence-corrected chi connectivity index (χ2v) is 5.49. The molecule has 3 unspecified atom stereocenters. The lowest BCUT2D eigenvalue weighted by Gasteiger charge is -2.31. The van der Waals surface area contributed by atoms with Crippen LogP contribution >= 0.6 is 0 Å². The van der Waals surface area contributed by atoms with Crippen molar-refractivity contribution in [3.05, 3.63) is 11.9 Å². The van der Waals surface area contributed by atoms with E-state index in [1.165, 1.54) is 6.42 Å². The number of rotatable bonds is 4. The van der Waals surface area contributed by atoms with Crippen molar-refractivity contribution in [2.75, 3.05) is 12.8 Å². The van der Waals surface area contributed by atoms with Crippen LogP contribution in [0.3, 0.4) is 0 Å². The van der Waals surface area contributed by atoms with Crippen LogP contribution in [0.5, 0.6) is 5.88 Å². The molecule has 1 aliphatic rings. The average molecular weight is 265 g/mol. The maximum absolute atomic E-state index is 5.96. The lowest BCUT2D eigenvalue weighted by molar-refractivity contribution is 0.0952. The summed E-state index contributed by atoms with van der Waals surface area (Å²) in [6.45, 7) is 4.94. The van der Waals surface area contributed by atoms with E-state index in [4.69, 9.17) is 15.2 Å². The summed E-state index contributed by atoms with van der Waals surface area (Å²) >= 11 is 0. The van der Waals surface area contributed by atoms with Crippen LogP contribution < -0.4 is 10.5 Å². The van der Waals surface area contributed by atoms with Crippen molar-refractivity contribution < 1.29 is 9.47 Å². The third-order valence-electron chi connectivity index (χ3n) is 3.88. The molecular formula is C14H23N3O2. The molecule has 5 heteroatoms. The zero-order valence-electron chi connectivity index (χ0n) is 11.9. The fourth-order valence-electron chi connectivity index (χ4n) is 2.52. The Morgan fingerprint density at radius 3 is 2.74 bits per heavy atom. The minimum Gasteiger partial charge on any atom is -0.474 e. The van der Waals surface area contributed by atoms with Crippen LogP contribution in [-0.4, -0.2) is 23.2 Å². The van der Waals surface area contributed by atoms with Crippen LogP contribution in [-0.2, 0) is 11.3 Å². The number of hydrogen-bond donors (Lipinski definition) is 1. The van der Waals surface area contributed by atoms with Crippen LogP contribution in [0.25, 0.3) is 0 Å². The Bertz CT molecular complexity index is 425. The Morgan fingerprint density at radius 2 is 2.05 bits per heavy atom. The summed E-state index contributed by atoms with van der Waals surface area (Å²) in [6, 6.07) is 1.68. The lowest BCUT2D eigenvalue weighted by atomic mass is 9.80. The molecule has 0 amide bonds. The minimum atomic E-state index is 0.232. The summed E-state index contributed by atoms with van der Waals surface area (Å²) in [5.41, 5.74) is 5.76. The number of anilines is 1. The number of aromatic nitrogens is 2. The Hall–Kier alpha value is -1.36. The topological polar surface area (TPSA) is 70.3 Å². The molecule has 3 atom stereocenters. The molecule has 2 N–H and O–H groups in total. The highest BCUT2D eigenvalue weighted by atomic mass is 16.5. The third kappa shape index (κ3) is 3.80. The molecule has 0 bridgehead atoms. The maximum Gasteiger partial charge on any atom is 0.219 e. The van der Waals surface area contributed by atoms with Crippen LogP contribution in [0.4, 0.5) is 5.82 Å². The Morgan fingerprint density at radius 1 is 1.26 bits per heavy atom. The minimum absolute atomic E-state index is 0.232. The van der Waals surface area contributed by atoms with E-state index in [-0.39, 0.29) is 6.10 Å². The molecule has 1 fully saturated rings. The molecular weight excluding hydrogens is 242 g/mol. The highest BCUT2D eigenvalue weighted by Crippen LogP contribution is 2.31. The summed E-state index contributed by atoms with van der Waals surface area (Å²) in [7, 11) is 1.61. The van der Waals surface area contributed by atoms with E-state index in [0.717, 1.165) is 18.8 Å². The molecule has 1 aliphatic carbocycles. The SMILES string of the molecule is COCc1nc(N)cc(OC2CCC(C)C(C)C2)n1. The van der Waals surface area contributed by atoms with Gasteiger partial charge in [-0.1, -0.05) is 13.8 Å². The number of nitrogen functional groups attached to an aromatic ring is 1. The van der Waals surface area contributed by atoms with Gasteiger partial charge in [0.05, 0.1) is 0 Å². The van der Waals surface area contributed by atoms with Crippen molar-refractivity contribution in [1.29, 1.82) is 0 Å². The number of ether oxygens (including phenoxy) is 2. The van der Waals surface area contributed by atoms with Gasteiger partial charge in [0.15, 0.2) is 5.82 Å². The third-order valence-corrected chi connectivity index (χ3v) is 3.88.